The molecule has 0 aliphatic rings. The molecule has 0 radical (unpaired) electrons. The second kappa shape index (κ2) is 8.16. The number of benzene rings is 2. The zero-order valence-electron chi connectivity index (χ0n) is 14.4. The fraction of sp³-hybridized carbons (Fsp3) is 0.235. The number of hydrogen-bond acceptors (Lipinski definition) is 4. The maximum absolute atomic E-state index is 12.6. The first kappa shape index (κ1) is 20.4. The molecule has 1 atom stereocenters. The van der Waals surface area contributed by atoms with Crippen LogP contribution >= 0.6 is 23.2 Å². The highest BCUT2D eigenvalue weighted by atomic mass is 35.5. The van der Waals surface area contributed by atoms with Crippen LogP contribution in [-0.2, 0) is 14.8 Å². The lowest BCUT2D eigenvalue weighted by Crippen LogP contribution is -2.45. The zero-order valence-corrected chi connectivity index (χ0v) is 16.7. The van der Waals surface area contributed by atoms with E-state index in [9.17, 15) is 13.2 Å². The van der Waals surface area contributed by atoms with Gasteiger partial charge in [0.25, 0.3) is 0 Å². The van der Waals surface area contributed by atoms with Crippen molar-refractivity contribution in [3.05, 3.63) is 52.5 Å². The number of ether oxygens (including phenoxy) is 1. The number of sulfonamides is 1. The summed E-state index contributed by atoms with van der Waals surface area (Å²) in [5.41, 5.74) is 0.646. The highest BCUT2D eigenvalue weighted by Gasteiger charge is 2.29. The lowest BCUT2D eigenvalue weighted by atomic mass is 10.2. The van der Waals surface area contributed by atoms with E-state index in [2.05, 4.69) is 5.32 Å². The topological polar surface area (TPSA) is 75.7 Å². The Hall–Kier alpha value is -1.96. The number of rotatable bonds is 6. The van der Waals surface area contributed by atoms with E-state index in [0.29, 0.717) is 17.1 Å². The van der Waals surface area contributed by atoms with Crippen LogP contribution in [0.2, 0.25) is 10.0 Å². The highest BCUT2D eigenvalue weighted by molar-refractivity contribution is 7.92. The van der Waals surface area contributed by atoms with E-state index >= 15 is 0 Å². The van der Waals surface area contributed by atoms with Crippen molar-refractivity contribution in [2.24, 2.45) is 0 Å². The predicted octanol–water partition coefficient (Wildman–Crippen LogP) is 3.80. The molecule has 0 aromatic heterocycles. The standard InChI is InChI=1S/C17H18Cl2N2O4S/c1-11(17(22)20-15-6-4-5-14(18)16(15)19)21(26(3,23)24)12-7-9-13(25-2)10-8-12/h4-11H,1-3H3,(H,20,22). The summed E-state index contributed by atoms with van der Waals surface area (Å²) in [4.78, 5) is 12.6. The van der Waals surface area contributed by atoms with Crippen LogP contribution in [0.15, 0.2) is 42.5 Å². The fourth-order valence-electron chi connectivity index (χ4n) is 2.38. The van der Waals surface area contributed by atoms with Crippen molar-refractivity contribution in [3.8, 4) is 5.75 Å². The Bertz CT molecular complexity index is 901. The maximum atomic E-state index is 12.6. The third kappa shape index (κ3) is 4.60. The molecule has 1 amide bonds. The summed E-state index contributed by atoms with van der Waals surface area (Å²) in [5.74, 6) is 0.0282. The Kier molecular flexibility index (Phi) is 6.39. The zero-order chi connectivity index (χ0) is 19.5. The molecule has 0 saturated carbocycles. The van der Waals surface area contributed by atoms with E-state index in [4.69, 9.17) is 27.9 Å². The van der Waals surface area contributed by atoms with Crippen LogP contribution in [-0.4, -0.2) is 33.7 Å². The molecule has 0 spiro atoms. The lowest BCUT2D eigenvalue weighted by molar-refractivity contribution is -0.116. The fourth-order valence-corrected chi connectivity index (χ4v) is 3.90. The van der Waals surface area contributed by atoms with Gasteiger partial charge in [-0.3, -0.25) is 9.10 Å². The smallest absolute Gasteiger partial charge is 0.248 e. The Morgan fingerprint density at radius 2 is 1.77 bits per heavy atom. The number of carbonyl (C=O) groups excluding carboxylic acids is 1. The van der Waals surface area contributed by atoms with Crippen LogP contribution in [0.3, 0.4) is 0 Å². The van der Waals surface area contributed by atoms with Crippen molar-refractivity contribution in [2.45, 2.75) is 13.0 Å². The van der Waals surface area contributed by atoms with Crippen molar-refractivity contribution in [2.75, 3.05) is 23.0 Å². The first-order valence-electron chi connectivity index (χ1n) is 7.53. The summed E-state index contributed by atoms with van der Waals surface area (Å²) in [6.45, 7) is 1.49. The third-order valence-corrected chi connectivity index (χ3v) is 5.69. The maximum Gasteiger partial charge on any atom is 0.248 e. The first-order valence-corrected chi connectivity index (χ1v) is 10.1. The first-order chi connectivity index (χ1) is 12.1. The van der Waals surface area contributed by atoms with Gasteiger partial charge in [0.2, 0.25) is 15.9 Å². The number of amides is 1. The van der Waals surface area contributed by atoms with Gasteiger partial charge in [-0.2, -0.15) is 0 Å². The minimum atomic E-state index is -3.72. The Balaban J connectivity index is 2.32. The van der Waals surface area contributed by atoms with Gasteiger partial charge in [0.05, 0.1) is 34.8 Å². The number of hydrogen-bond donors (Lipinski definition) is 1. The molecular weight excluding hydrogens is 399 g/mol. The van der Waals surface area contributed by atoms with Crippen LogP contribution in [0.4, 0.5) is 11.4 Å². The van der Waals surface area contributed by atoms with Gasteiger partial charge in [0.1, 0.15) is 11.8 Å². The summed E-state index contributed by atoms with van der Waals surface area (Å²) < 4.78 is 30.6. The molecule has 2 aromatic carbocycles. The summed E-state index contributed by atoms with van der Waals surface area (Å²) >= 11 is 12.0. The minimum absolute atomic E-state index is 0.185. The molecular formula is C17H18Cl2N2O4S. The van der Waals surface area contributed by atoms with Crippen molar-refractivity contribution < 1.29 is 17.9 Å². The molecule has 9 heteroatoms. The van der Waals surface area contributed by atoms with E-state index in [1.54, 1.807) is 42.5 Å². The van der Waals surface area contributed by atoms with E-state index < -0.39 is 22.0 Å². The molecule has 0 aliphatic carbocycles. The lowest BCUT2D eigenvalue weighted by Gasteiger charge is -2.28. The van der Waals surface area contributed by atoms with Gasteiger partial charge in [0, 0.05) is 0 Å². The predicted molar refractivity (Wildman–Crippen MR) is 105 cm³/mol. The van der Waals surface area contributed by atoms with Gasteiger partial charge in [-0.15, -0.1) is 0 Å². The highest BCUT2D eigenvalue weighted by Crippen LogP contribution is 2.30. The second-order valence-electron chi connectivity index (χ2n) is 5.52. The number of nitrogens with one attached hydrogen (secondary N) is 1. The summed E-state index contributed by atoms with van der Waals surface area (Å²) in [7, 11) is -2.21. The van der Waals surface area contributed by atoms with E-state index in [-0.39, 0.29) is 10.0 Å². The molecule has 1 unspecified atom stereocenters. The molecule has 140 valence electrons. The number of nitrogens with zero attached hydrogens (tertiary/aromatic N) is 1. The van der Waals surface area contributed by atoms with Gasteiger partial charge in [0.15, 0.2) is 0 Å². The van der Waals surface area contributed by atoms with E-state index in [0.717, 1.165) is 10.6 Å². The second-order valence-corrected chi connectivity index (χ2v) is 8.17. The summed E-state index contributed by atoms with van der Waals surface area (Å²) in [6.07, 6.45) is 1.04. The molecule has 0 bridgehead atoms. The SMILES string of the molecule is COc1ccc(N(C(C)C(=O)Nc2cccc(Cl)c2Cl)S(C)(=O)=O)cc1. The largest absolute Gasteiger partial charge is 0.497 e. The normalized spacial score (nSPS) is 12.3. The number of methoxy groups -OCH3 is 1. The van der Waals surface area contributed by atoms with Crippen molar-refractivity contribution >= 4 is 50.5 Å². The molecule has 6 nitrogen and oxygen atoms in total. The Labute approximate surface area is 162 Å². The van der Waals surface area contributed by atoms with Gasteiger partial charge in [-0.05, 0) is 43.3 Å². The molecule has 26 heavy (non-hydrogen) atoms. The van der Waals surface area contributed by atoms with E-state index in [1.165, 1.54) is 14.0 Å². The molecule has 0 aliphatic heterocycles. The van der Waals surface area contributed by atoms with Crippen LogP contribution in [0, 0.1) is 0 Å². The molecule has 2 aromatic rings. The summed E-state index contributed by atoms with van der Waals surface area (Å²) in [5, 5.41) is 3.08. The average molecular weight is 417 g/mol. The van der Waals surface area contributed by atoms with Crippen molar-refractivity contribution in [3.63, 3.8) is 0 Å². The number of halogens is 2. The third-order valence-electron chi connectivity index (χ3n) is 3.62. The van der Waals surface area contributed by atoms with Gasteiger partial charge in [-0.25, -0.2) is 8.42 Å². The van der Waals surface area contributed by atoms with E-state index in [1.807, 2.05) is 0 Å². The average Bonchev–Trinajstić information content (AvgIpc) is 2.58. The van der Waals surface area contributed by atoms with Crippen molar-refractivity contribution in [1.82, 2.24) is 0 Å². The molecule has 0 heterocycles. The Morgan fingerprint density at radius 3 is 2.31 bits per heavy atom. The van der Waals surface area contributed by atoms with Crippen LogP contribution in [0.1, 0.15) is 6.92 Å². The number of carbonyl (C=O) groups is 1. The molecule has 2 rings (SSSR count). The molecule has 1 N–H and O–H groups in total. The molecule has 0 saturated heterocycles. The summed E-state index contributed by atoms with van der Waals surface area (Å²) in [6, 6.07) is 10.1. The minimum Gasteiger partial charge on any atom is -0.497 e. The monoisotopic (exact) mass is 416 g/mol. The van der Waals surface area contributed by atoms with Crippen LogP contribution in [0.5, 0.6) is 5.75 Å². The van der Waals surface area contributed by atoms with Gasteiger partial charge < -0.3 is 10.1 Å². The van der Waals surface area contributed by atoms with Crippen LogP contribution in [0.25, 0.3) is 0 Å². The Morgan fingerprint density at radius 1 is 1.15 bits per heavy atom. The van der Waals surface area contributed by atoms with Gasteiger partial charge >= 0.3 is 0 Å². The van der Waals surface area contributed by atoms with Crippen molar-refractivity contribution in [1.29, 1.82) is 0 Å². The number of anilines is 2. The van der Waals surface area contributed by atoms with Crippen LogP contribution < -0.4 is 14.4 Å². The quantitative estimate of drug-likeness (QED) is 0.776. The molecule has 0 fully saturated rings. The van der Waals surface area contributed by atoms with Gasteiger partial charge in [-0.1, -0.05) is 29.3 Å².